The van der Waals surface area contributed by atoms with E-state index in [9.17, 15) is 14.4 Å². The number of hydrogen-bond donors (Lipinski definition) is 1. The molecule has 0 aliphatic heterocycles. The second kappa shape index (κ2) is 8.84. The van der Waals surface area contributed by atoms with Gasteiger partial charge in [-0.25, -0.2) is 0 Å². The van der Waals surface area contributed by atoms with E-state index in [1.54, 1.807) is 36.4 Å². The molecule has 2 rings (SSSR count). The van der Waals surface area contributed by atoms with Crippen molar-refractivity contribution in [1.29, 1.82) is 0 Å². The predicted molar refractivity (Wildman–Crippen MR) is 92.1 cm³/mol. The molecule has 0 unspecified atom stereocenters. The number of ketones is 1. The number of Topliss-reactive ketones (excluding diaryl/α,β-unsaturated/α-hetero) is 1. The van der Waals surface area contributed by atoms with Crippen molar-refractivity contribution in [1.82, 2.24) is 5.32 Å². The predicted octanol–water partition coefficient (Wildman–Crippen LogP) is 2.50. The summed E-state index contributed by atoms with van der Waals surface area (Å²) in [5.41, 5.74) is 0.769. The molecule has 0 heterocycles. The highest BCUT2D eigenvalue weighted by atomic mass is 35.5. The fraction of sp³-hybridized carbons (Fsp3) is 0.167. The van der Waals surface area contributed by atoms with Gasteiger partial charge in [-0.3, -0.25) is 14.4 Å². The molecule has 6 nitrogen and oxygen atoms in total. The molecule has 0 radical (unpaired) electrons. The van der Waals surface area contributed by atoms with Crippen LogP contribution in [0.15, 0.2) is 48.5 Å². The number of methoxy groups -OCH3 is 1. The summed E-state index contributed by atoms with van der Waals surface area (Å²) < 4.78 is 9.86. The Labute approximate surface area is 149 Å². The maximum absolute atomic E-state index is 11.9. The topological polar surface area (TPSA) is 81.7 Å². The number of hydrogen-bond acceptors (Lipinski definition) is 5. The number of nitrogens with one attached hydrogen (secondary N) is 1. The zero-order chi connectivity index (χ0) is 18.2. The molecule has 0 spiro atoms. The van der Waals surface area contributed by atoms with E-state index in [4.69, 9.17) is 21.1 Å². The van der Waals surface area contributed by atoms with Crippen LogP contribution in [0.3, 0.4) is 0 Å². The van der Waals surface area contributed by atoms with Gasteiger partial charge in [-0.1, -0.05) is 11.6 Å². The molecule has 0 aromatic heterocycles. The Bertz CT molecular complexity index is 756. The van der Waals surface area contributed by atoms with Crippen LogP contribution >= 0.6 is 11.6 Å². The van der Waals surface area contributed by atoms with E-state index in [2.05, 4.69) is 5.32 Å². The first-order valence-corrected chi connectivity index (χ1v) is 7.74. The van der Waals surface area contributed by atoms with Crippen molar-refractivity contribution in [2.75, 3.05) is 20.3 Å². The van der Waals surface area contributed by atoms with Crippen LogP contribution in [0.2, 0.25) is 5.02 Å². The van der Waals surface area contributed by atoms with Crippen LogP contribution in [-0.4, -0.2) is 37.9 Å². The molecule has 0 saturated carbocycles. The highest BCUT2D eigenvalue weighted by molar-refractivity contribution is 6.30. The van der Waals surface area contributed by atoms with E-state index in [0.717, 1.165) is 0 Å². The second-order valence-electron chi connectivity index (χ2n) is 5.00. The maximum atomic E-state index is 11.9. The zero-order valence-corrected chi connectivity index (χ0v) is 14.2. The number of benzene rings is 2. The fourth-order valence-electron chi connectivity index (χ4n) is 1.91. The molecule has 1 amide bonds. The summed E-state index contributed by atoms with van der Waals surface area (Å²) in [6.07, 6.45) is 0. The van der Waals surface area contributed by atoms with Crippen LogP contribution in [-0.2, 0) is 9.53 Å². The van der Waals surface area contributed by atoms with Crippen LogP contribution in [0.25, 0.3) is 0 Å². The summed E-state index contributed by atoms with van der Waals surface area (Å²) in [6, 6.07) is 12.7. The standard InChI is InChI=1S/C18H16ClNO5/c1-24-15-8-4-12(5-9-15)16(21)11-25-17(22)10-20-18(23)13-2-6-14(19)7-3-13/h2-9H,10-11H2,1H3,(H,20,23). The van der Waals surface area contributed by atoms with Gasteiger partial charge in [0.25, 0.3) is 5.91 Å². The molecule has 7 heteroatoms. The second-order valence-corrected chi connectivity index (χ2v) is 5.44. The lowest BCUT2D eigenvalue weighted by atomic mass is 10.1. The Balaban J connectivity index is 1.77. The van der Waals surface area contributed by atoms with E-state index < -0.39 is 18.5 Å². The minimum absolute atomic E-state index is 0.336. The number of esters is 1. The average Bonchev–Trinajstić information content (AvgIpc) is 2.64. The van der Waals surface area contributed by atoms with Crippen molar-refractivity contribution in [3.63, 3.8) is 0 Å². The summed E-state index contributed by atoms with van der Waals surface area (Å²) in [4.78, 5) is 35.4. The number of amides is 1. The lowest BCUT2D eigenvalue weighted by molar-refractivity contribution is -0.141. The van der Waals surface area contributed by atoms with E-state index >= 15 is 0 Å². The molecule has 0 aliphatic rings. The first-order valence-electron chi connectivity index (χ1n) is 7.36. The fourth-order valence-corrected chi connectivity index (χ4v) is 2.04. The number of ether oxygens (including phenoxy) is 2. The van der Waals surface area contributed by atoms with E-state index in [-0.39, 0.29) is 12.3 Å². The van der Waals surface area contributed by atoms with Gasteiger partial charge in [0.05, 0.1) is 7.11 Å². The summed E-state index contributed by atoms with van der Waals surface area (Å²) >= 11 is 5.74. The van der Waals surface area contributed by atoms with Gasteiger partial charge in [-0.15, -0.1) is 0 Å². The lowest BCUT2D eigenvalue weighted by Gasteiger charge is -2.07. The Kier molecular flexibility index (Phi) is 6.54. The number of halogens is 1. The molecule has 130 valence electrons. The van der Waals surface area contributed by atoms with Gasteiger partial charge in [0, 0.05) is 16.1 Å². The van der Waals surface area contributed by atoms with Gasteiger partial charge >= 0.3 is 5.97 Å². The third-order valence-corrected chi connectivity index (χ3v) is 3.53. The Morgan fingerprint density at radius 3 is 2.16 bits per heavy atom. The Morgan fingerprint density at radius 1 is 0.960 bits per heavy atom. The monoisotopic (exact) mass is 361 g/mol. The summed E-state index contributed by atoms with van der Waals surface area (Å²) in [6.45, 7) is -0.737. The Hall–Kier alpha value is -2.86. The third-order valence-electron chi connectivity index (χ3n) is 3.28. The van der Waals surface area contributed by atoms with Crippen molar-refractivity contribution in [3.05, 3.63) is 64.7 Å². The summed E-state index contributed by atoms with van der Waals surface area (Å²) in [5, 5.41) is 2.92. The minimum Gasteiger partial charge on any atom is -0.497 e. The smallest absolute Gasteiger partial charge is 0.325 e. The molecule has 1 N–H and O–H groups in total. The molecule has 0 bridgehead atoms. The van der Waals surface area contributed by atoms with Gasteiger partial charge in [0.15, 0.2) is 12.4 Å². The van der Waals surface area contributed by atoms with Crippen molar-refractivity contribution >= 4 is 29.3 Å². The number of rotatable bonds is 7. The van der Waals surface area contributed by atoms with Crippen molar-refractivity contribution in [2.24, 2.45) is 0 Å². The maximum Gasteiger partial charge on any atom is 0.325 e. The largest absolute Gasteiger partial charge is 0.497 e. The van der Waals surface area contributed by atoms with Crippen LogP contribution < -0.4 is 10.1 Å². The number of carbonyl (C=O) groups excluding carboxylic acids is 3. The molecular formula is C18H16ClNO5. The summed E-state index contributed by atoms with van der Waals surface area (Å²) in [7, 11) is 1.52. The van der Waals surface area contributed by atoms with Crippen LogP contribution in [0.5, 0.6) is 5.75 Å². The first-order chi connectivity index (χ1) is 12.0. The molecule has 0 atom stereocenters. The normalized spacial score (nSPS) is 10.0. The lowest BCUT2D eigenvalue weighted by Crippen LogP contribution is -2.31. The number of carbonyl (C=O) groups is 3. The SMILES string of the molecule is COc1ccc(C(=O)COC(=O)CNC(=O)c2ccc(Cl)cc2)cc1. The van der Waals surface area contributed by atoms with Gasteiger partial charge < -0.3 is 14.8 Å². The molecule has 0 aliphatic carbocycles. The Morgan fingerprint density at radius 2 is 1.56 bits per heavy atom. The third kappa shape index (κ3) is 5.61. The van der Waals surface area contributed by atoms with Gasteiger partial charge in [-0.2, -0.15) is 0 Å². The molecule has 0 saturated heterocycles. The summed E-state index contributed by atoms with van der Waals surface area (Å²) in [5.74, 6) is -0.863. The molecule has 2 aromatic rings. The average molecular weight is 362 g/mol. The van der Waals surface area contributed by atoms with Crippen LogP contribution in [0, 0.1) is 0 Å². The highest BCUT2D eigenvalue weighted by Gasteiger charge is 2.12. The van der Waals surface area contributed by atoms with E-state index in [1.165, 1.54) is 19.2 Å². The van der Waals surface area contributed by atoms with E-state index in [1.807, 2.05) is 0 Å². The van der Waals surface area contributed by atoms with Gasteiger partial charge in [0.2, 0.25) is 0 Å². The van der Waals surface area contributed by atoms with Gasteiger partial charge in [-0.05, 0) is 48.5 Å². The quantitative estimate of drug-likeness (QED) is 0.605. The zero-order valence-electron chi connectivity index (χ0n) is 13.5. The van der Waals surface area contributed by atoms with Gasteiger partial charge in [0.1, 0.15) is 12.3 Å². The van der Waals surface area contributed by atoms with E-state index in [0.29, 0.717) is 21.9 Å². The minimum atomic E-state index is -0.704. The first kappa shape index (κ1) is 18.5. The van der Waals surface area contributed by atoms with Crippen molar-refractivity contribution in [2.45, 2.75) is 0 Å². The van der Waals surface area contributed by atoms with Crippen LogP contribution in [0.1, 0.15) is 20.7 Å². The molecule has 25 heavy (non-hydrogen) atoms. The molecule has 2 aromatic carbocycles. The molecular weight excluding hydrogens is 346 g/mol. The highest BCUT2D eigenvalue weighted by Crippen LogP contribution is 2.12. The van der Waals surface area contributed by atoms with Crippen LogP contribution in [0.4, 0.5) is 0 Å². The van der Waals surface area contributed by atoms with Crippen molar-refractivity contribution < 1.29 is 23.9 Å². The van der Waals surface area contributed by atoms with Crippen molar-refractivity contribution in [3.8, 4) is 5.75 Å². The molecule has 0 fully saturated rings.